The SMILES string of the molecule is COc1ccc(CNC(=O)c2cc3n(n2)CC(C)(C(=O)NCCC(C)C)N(C)C3=O)cc1. The molecule has 3 rings (SSSR count). The van der Waals surface area contributed by atoms with Crippen molar-refractivity contribution in [1.82, 2.24) is 25.3 Å². The molecule has 1 aliphatic rings. The third-order valence-corrected chi connectivity index (χ3v) is 5.84. The first kappa shape index (κ1) is 23.3. The number of nitrogens with one attached hydrogen (secondary N) is 2. The van der Waals surface area contributed by atoms with E-state index >= 15 is 0 Å². The van der Waals surface area contributed by atoms with Crippen molar-refractivity contribution in [3.8, 4) is 5.75 Å². The number of carbonyl (C=O) groups excluding carboxylic acids is 3. The molecule has 9 nitrogen and oxygen atoms in total. The zero-order valence-electron chi connectivity index (χ0n) is 19.3. The zero-order valence-corrected chi connectivity index (χ0v) is 19.3. The number of benzene rings is 1. The van der Waals surface area contributed by atoms with Crippen LogP contribution in [-0.2, 0) is 17.9 Å². The summed E-state index contributed by atoms with van der Waals surface area (Å²) in [4.78, 5) is 39.9. The van der Waals surface area contributed by atoms with Crippen LogP contribution in [0.15, 0.2) is 30.3 Å². The summed E-state index contributed by atoms with van der Waals surface area (Å²) in [5, 5.41) is 10.0. The second kappa shape index (κ2) is 9.42. The lowest BCUT2D eigenvalue weighted by molar-refractivity contribution is -0.132. The summed E-state index contributed by atoms with van der Waals surface area (Å²) < 4.78 is 6.58. The van der Waals surface area contributed by atoms with Crippen molar-refractivity contribution < 1.29 is 19.1 Å². The average molecular weight is 442 g/mol. The summed E-state index contributed by atoms with van der Waals surface area (Å²) in [6.45, 7) is 6.91. The van der Waals surface area contributed by atoms with Gasteiger partial charge in [-0.2, -0.15) is 5.10 Å². The molecule has 1 aromatic carbocycles. The van der Waals surface area contributed by atoms with Gasteiger partial charge >= 0.3 is 0 Å². The smallest absolute Gasteiger partial charge is 0.272 e. The summed E-state index contributed by atoms with van der Waals surface area (Å²) >= 11 is 0. The maximum Gasteiger partial charge on any atom is 0.272 e. The third kappa shape index (κ3) is 4.76. The van der Waals surface area contributed by atoms with Gasteiger partial charge in [0.15, 0.2) is 5.69 Å². The van der Waals surface area contributed by atoms with Gasteiger partial charge in [-0.25, -0.2) is 0 Å². The molecule has 0 aliphatic carbocycles. The van der Waals surface area contributed by atoms with E-state index in [9.17, 15) is 14.4 Å². The van der Waals surface area contributed by atoms with Crippen LogP contribution in [0.1, 0.15) is 53.7 Å². The molecule has 0 bridgehead atoms. The van der Waals surface area contributed by atoms with Gasteiger partial charge in [-0.05, 0) is 37.0 Å². The topological polar surface area (TPSA) is 106 Å². The van der Waals surface area contributed by atoms with Crippen LogP contribution in [0.5, 0.6) is 5.75 Å². The Kier molecular flexibility index (Phi) is 6.86. The Labute approximate surface area is 188 Å². The van der Waals surface area contributed by atoms with Gasteiger partial charge in [0.05, 0.1) is 13.7 Å². The molecule has 0 saturated heterocycles. The maximum absolute atomic E-state index is 12.9. The molecular weight excluding hydrogens is 410 g/mol. The number of likely N-dealkylation sites (N-methyl/N-ethyl adjacent to an activating group) is 1. The molecule has 0 saturated carbocycles. The number of hydrogen-bond donors (Lipinski definition) is 2. The van der Waals surface area contributed by atoms with Gasteiger partial charge in [0, 0.05) is 26.2 Å². The number of hydrogen-bond acceptors (Lipinski definition) is 5. The molecule has 9 heteroatoms. The van der Waals surface area contributed by atoms with Gasteiger partial charge in [-0.15, -0.1) is 0 Å². The summed E-state index contributed by atoms with van der Waals surface area (Å²) in [5.41, 5.74) is 0.239. The fourth-order valence-electron chi connectivity index (χ4n) is 3.52. The van der Waals surface area contributed by atoms with Crippen LogP contribution in [0.3, 0.4) is 0 Å². The third-order valence-electron chi connectivity index (χ3n) is 5.84. The molecule has 2 aromatic rings. The highest BCUT2D eigenvalue weighted by Crippen LogP contribution is 2.26. The zero-order chi connectivity index (χ0) is 23.5. The van der Waals surface area contributed by atoms with E-state index in [1.165, 1.54) is 15.6 Å². The fourth-order valence-corrected chi connectivity index (χ4v) is 3.52. The standard InChI is InChI=1S/C23H31N5O4/c1-15(2)10-11-24-22(31)23(3)14-28-19(21(30)27(23)4)12-18(26-28)20(29)25-13-16-6-8-17(32-5)9-7-16/h6-9,12,15H,10-11,13-14H2,1-5H3,(H,24,31)(H,25,29). The van der Waals surface area contributed by atoms with E-state index in [0.29, 0.717) is 19.0 Å². The number of aromatic nitrogens is 2. The molecular formula is C23H31N5O4. The Morgan fingerprint density at radius 1 is 1.22 bits per heavy atom. The van der Waals surface area contributed by atoms with Crippen LogP contribution in [0.25, 0.3) is 0 Å². The predicted octanol–water partition coefficient (Wildman–Crippen LogP) is 1.83. The van der Waals surface area contributed by atoms with E-state index in [4.69, 9.17) is 4.74 Å². The molecule has 2 N–H and O–H groups in total. The second-order valence-electron chi connectivity index (χ2n) is 8.68. The maximum atomic E-state index is 12.9. The van der Waals surface area contributed by atoms with Gasteiger partial charge < -0.3 is 20.3 Å². The lowest BCUT2D eigenvalue weighted by Crippen LogP contribution is -2.62. The number of amides is 3. The van der Waals surface area contributed by atoms with Crippen molar-refractivity contribution in [2.45, 2.75) is 45.8 Å². The lowest BCUT2D eigenvalue weighted by Gasteiger charge is -2.40. The Bertz CT molecular complexity index is 998. The highest BCUT2D eigenvalue weighted by molar-refractivity contribution is 6.01. The Morgan fingerprint density at radius 2 is 1.91 bits per heavy atom. The first-order valence-electron chi connectivity index (χ1n) is 10.7. The highest BCUT2D eigenvalue weighted by Gasteiger charge is 2.46. The van der Waals surface area contributed by atoms with Crippen LogP contribution in [0.2, 0.25) is 0 Å². The lowest BCUT2D eigenvalue weighted by atomic mass is 9.95. The summed E-state index contributed by atoms with van der Waals surface area (Å²) in [7, 11) is 3.20. The highest BCUT2D eigenvalue weighted by atomic mass is 16.5. The number of methoxy groups -OCH3 is 1. The van der Waals surface area contributed by atoms with Crippen LogP contribution in [0, 0.1) is 5.92 Å². The summed E-state index contributed by atoms with van der Waals surface area (Å²) in [5.74, 6) is 0.229. The molecule has 32 heavy (non-hydrogen) atoms. The van der Waals surface area contributed by atoms with Crippen LogP contribution >= 0.6 is 0 Å². The largest absolute Gasteiger partial charge is 0.497 e. The van der Waals surface area contributed by atoms with Gasteiger partial charge in [0.2, 0.25) is 5.91 Å². The normalized spacial score (nSPS) is 17.8. The van der Waals surface area contributed by atoms with Crippen molar-refractivity contribution in [2.75, 3.05) is 20.7 Å². The molecule has 1 unspecified atom stereocenters. The van der Waals surface area contributed by atoms with Crippen molar-refractivity contribution >= 4 is 17.7 Å². The molecule has 1 aliphatic heterocycles. The van der Waals surface area contributed by atoms with Gasteiger partial charge in [0.25, 0.3) is 11.8 Å². The Hall–Kier alpha value is -3.36. The van der Waals surface area contributed by atoms with E-state index in [0.717, 1.165) is 17.7 Å². The first-order chi connectivity index (χ1) is 15.2. The number of ether oxygens (including phenoxy) is 1. The van der Waals surface area contributed by atoms with Crippen molar-refractivity contribution in [3.63, 3.8) is 0 Å². The van der Waals surface area contributed by atoms with Crippen molar-refractivity contribution in [2.24, 2.45) is 5.92 Å². The first-order valence-corrected chi connectivity index (χ1v) is 10.7. The van der Waals surface area contributed by atoms with E-state index in [1.54, 1.807) is 21.1 Å². The molecule has 3 amide bonds. The number of carbonyl (C=O) groups is 3. The van der Waals surface area contributed by atoms with E-state index in [2.05, 4.69) is 29.6 Å². The second-order valence-corrected chi connectivity index (χ2v) is 8.68. The summed E-state index contributed by atoms with van der Waals surface area (Å²) in [6.07, 6.45) is 0.852. The molecule has 1 atom stereocenters. The Balaban J connectivity index is 1.70. The monoisotopic (exact) mass is 441 g/mol. The minimum absolute atomic E-state index is 0.139. The van der Waals surface area contributed by atoms with Crippen molar-refractivity contribution in [3.05, 3.63) is 47.3 Å². The van der Waals surface area contributed by atoms with Crippen molar-refractivity contribution in [1.29, 1.82) is 0 Å². The fraction of sp³-hybridized carbons (Fsp3) is 0.478. The molecule has 2 heterocycles. The average Bonchev–Trinajstić information content (AvgIpc) is 3.19. The number of rotatable bonds is 8. The van der Waals surface area contributed by atoms with Gasteiger partial charge in [0.1, 0.15) is 17.0 Å². The quantitative estimate of drug-likeness (QED) is 0.650. The molecule has 172 valence electrons. The van der Waals surface area contributed by atoms with E-state index in [-0.39, 0.29) is 35.7 Å². The minimum Gasteiger partial charge on any atom is -0.497 e. The van der Waals surface area contributed by atoms with Crippen LogP contribution in [-0.4, -0.2) is 58.6 Å². The van der Waals surface area contributed by atoms with E-state index < -0.39 is 5.54 Å². The van der Waals surface area contributed by atoms with Gasteiger partial charge in [-0.1, -0.05) is 26.0 Å². The predicted molar refractivity (Wildman–Crippen MR) is 119 cm³/mol. The van der Waals surface area contributed by atoms with Crippen LogP contribution < -0.4 is 15.4 Å². The summed E-state index contributed by atoms with van der Waals surface area (Å²) in [6, 6.07) is 8.83. The van der Waals surface area contributed by atoms with Crippen LogP contribution in [0.4, 0.5) is 0 Å². The molecule has 1 aromatic heterocycles. The number of fused-ring (bicyclic) bond motifs is 1. The molecule has 0 spiro atoms. The van der Waals surface area contributed by atoms with Gasteiger partial charge in [-0.3, -0.25) is 19.1 Å². The number of nitrogens with zero attached hydrogens (tertiary/aromatic N) is 3. The minimum atomic E-state index is -1.09. The molecule has 0 fully saturated rings. The molecule has 0 radical (unpaired) electrons. The van der Waals surface area contributed by atoms with E-state index in [1.807, 2.05) is 24.3 Å². The Morgan fingerprint density at radius 3 is 2.53 bits per heavy atom.